The summed E-state index contributed by atoms with van der Waals surface area (Å²) in [7, 11) is 0. The molecule has 1 amide bonds. The van der Waals surface area contributed by atoms with Crippen molar-refractivity contribution in [3.63, 3.8) is 0 Å². The Balaban J connectivity index is 1.71. The average Bonchev–Trinajstić information content (AvgIpc) is 2.93. The summed E-state index contributed by atoms with van der Waals surface area (Å²) in [5.74, 6) is 0.341. The second-order valence-electron chi connectivity index (χ2n) is 5.75. The number of carbonyl (C=O) groups excluding carboxylic acids is 1. The maximum absolute atomic E-state index is 12.4. The van der Waals surface area contributed by atoms with Gasteiger partial charge in [0.2, 0.25) is 0 Å². The lowest BCUT2D eigenvalue weighted by Gasteiger charge is -2.15. The first kappa shape index (κ1) is 18.0. The van der Waals surface area contributed by atoms with Crippen molar-refractivity contribution < 1.29 is 9.53 Å². The van der Waals surface area contributed by atoms with Crippen LogP contribution in [0, 0.1) is 13.8 Å². The van der Waals surface area contributed by atoms with Gasteiger partial charge < -0.3 is 4.74 Å². The highest BCUT2D eigenvalue weighted by Crippen LogP contribution is 2.29. The van der Waals surface area contributed by atoms with E-state index in [2.05, 4.69) is 10.3 Å². The quantitative estimate of drug-likeness (QED) is 0.623. The van der Waals surface area contributed by atoms with Gasteiger partial charge in [-0.3, -0.25) is 10.1 Å². The number of nitrogens with zero attached hydrogens (tertiary/aromatic N) is 1. The van der Waals surface area contributed by atoms with E-state index in [0.717, 1.165) is 21.3 Å². The zero-order chi connectivity index (χ0) is 18.1. The van der Waals surface area contributed by atoms with Crippen molar-refractivity contribution in [3.8, 4) is 5.75 Å². The summed E-state index contributed by atoms with van der Waals surface area (Å²) in [4.78, 5) is 16.8. The Hall–Kier alpha value is -1.82. The fourth-order valence-corrected chi connectivity index (χ4v) is 3.64. The number of aromatic nitrogens is 1. The van der Waals surface area contributed by atoms with Gasteiger partial charge in [0.05, 0.1) is 10.2 Å². The predicted octanol–water partition coefficient (Wildman–Crippen LogP) is 5.63. The molecule has 0 saturated heterocycles. The summed E-state index contributed by atoms with van der Waals surface area (Å²) in [6, 6.07) is 9.05. The molecular formula is C18H16Cl2N2O2S. The summed E-state index contributed by atoms with van der Waals surface area (Å²) in [6.07, 6.45) is -0.671. The van der Waals surface area contributed by atoms with Gasteiger partial charge in [-0.05, 0) is 62.2 Å². The SMILES string of the molecule is Cc1cc(OC(C)C(=O)Nc2nc3ccc(Cl)cc3s2)cc(C)c1Cl. The van der Waals surface area contributed by atoms with E-state index in [4.69, 9.17) is 27.9 Å². The Labute approximate surface area is 159 Å². The number of fused-ring (bicyclic) bond motifs is 1. The van der Waals surface area contributed by atoms with Crippen molar-refractivity contribution in [1.82, 2.24) is 4.98 Å². The van der Waals surface area contributed by atoms with E-state index in [9.17, 15) is 4.79 Å². The van der Waals surface area contributed by atoms with Gasteiger partial charge in [0, 0.05) is 10.0 Å². The van der Waals surface area contributed by atoms with E-state index >= 15 is 0 Å². The summed E-state index contributed by atoms with van der Waals surface area (Å²) in [5.41, 5.74) is 2.61. The third-order valence-electron chi connectivity index (χ3n) is 3.67. The molecule has 3 aromatic rings. The second-order valence-corrected chi connectivity index (χ2v) is 7.60. The number of nitrogens with one attached hydrogen (secondary N) is 1. The smallest absolute Gasteiger partial charge is 0.266 e. The minimum Gasteiger partial charge on any atom is -0.481 e. The van der Waals surface area contributed by atoms with Gasteiger partial charge in [0.15, 0.2) is 11.2 Å². The van der Waals surface area contributed by atoms with Crippen LogP contribution in [-0.4, -0.2) is 17.0 Å². The van der Waals surface area contributed by atoms with Gasteiger partial charge in [-0.15, -0.1) is 0 Å². The van der Waals surface area contributed by atoms with Crippen LogP contribution < -0.4 is 10.1 Å². The Morgan fingerprint density at radius 2 is 1.88 bits per heavy atom. The molecule has 0 radical (unpaired) electrons. The zero-order valence-corrected chi connectivity index (χ0v) is 16.2. The van der Waals surface area contributed by atoms with E-state index < -0.39 is 6.10 Å². The lowest BCUT2D eigenvalue weighted by molar-refractivity contribution is -0.122. The number of amides is 1. The topological polar surface area (TPSA) is 51.2 Å². The molecule has 0 aliphatic rings. The van der Waals surface area contributed by atoms with E-state index in [1.54, 1.807) is 13.0 Å². The summed E-state index contributed by atoms with van der Waals surface area (Å²) in [6.45, 7) is 5.50. The van der Waals surface area contributed by atoms with Crippen LogP contribution in [0.5, 0.6) is 5.75 Å². The minimum absolute atomic E-state index is 0.268. The first-order chi connectivity index (χ1) is 11.8. The lowest BCUT2D eigenvalue weighted by Crippen LogP contribution is -2.30. The highest BCUT2D eigenvalue weighted by atomic mass is 35.5. The molecule has 25 heavy (non-hydrogen) atoms. The van der Waals surface area contributed by atoms with Crippen LogP contribution in [0.25, 0.3) is 10.2 Å². The third kappa shape index (κ3) is 4.06. The maximum Gasteiger partial charge on any atom is 0.266 e. The molecule has 1 atom stereocenters. The Kier molecular flexibility index (Phi) is 5.18. The molecule has 1 unspecified atom stereocenters. The van der Waals surface area contributed by atoms with Crippen LogP contribution in [0.4, 0.5) is 5.13 Å². The largest absolute Gasteiger partial charge is 0.481 e. The summed E-state index contributed by atoms with van der Waals surface area (Å²) in [5, 5.41) is 4.65. The fourth-order valence-electron chi connectivity index (χ4n) is 2.39. The molecule has 0 saturated carbocycles. The molecule has 0 aliphatic heterocycles. The van der Waals surface area contributed by atoms with Crippen LogP contribution >= 0.6 is 34.5 Å². The second kappa shape index (κ2) is 7.20. The number of anilines is 1. The molecule has 1 aromatic heterocycles. The van der Waals surface area contributed by atoms with Crippen molar-refractivity contribution in [3.05, 3.63) is 51.5 Å². The van der Waals surface area contributed by atoms with E-state index in [1.165, 1.54) is 11.3 Å². The van der Waals surface area contributed by atoms with E-state index in [-0.39, 0.29) is 5.91 Å². The number of carbonyl (C=O) groups is 1. The van der Waals surface area contributed by atoms with Crippen molar-refractivity contribution in [2.45, 2.75) is 26.9 Å². The first-order valence-corrected chi connectivity index (χ1v) is 9.21. The number of halogens is 2. The van der Waals surface area contributed by atoms with Crippen LogP contribution in [0.3, 0.4) is 0 Å². The Morgan fingerprint density at radius 1 is 1.20 bits per heavy atom. The van der Waals surface area contributed by atoms with Gasteiger partial charge >= 0.3 is 0 Å². The molecule has 0 fully saturated rings. The highest BCUT2D eigenvalue weighted by Gasteiger charge is 2.17. The van der Waals surface area contributed by atoms with Crippen molar-refractivity contribution >= 4 is 55.8 Å². The van der Waals surface area contributed by atoms with Crippen LogP contribution in [-0.2, 0) is 4.79 Å². The molecular weight excluding hydrogens is 379 g/mol. The van der Waals surface area contributed by atoms with Gasteiger partial charge in [0.1, 0.15) is 5.75 Å². The predicted molar refractivity (Wildman–Crippen MR) is 104 cm³/mol. The number of hydrogen-bond donors (Lipinski definition) is 1. The molecule has 1 N–H and O–H groups in total. The normalized spacial score (nSPS) is 12.2. The average molecular weight is 395 g/mol. The number of aryl methyl sites for hydroxylation is 2. The molecule has 7 heteroatoms. The zero-order valence-electron chi connectivity index (χ0n) is 13.9. The fraction of sp³-hybridized carbons (Fsp3) is 0.222. The van der Waals surface area contributed by atoms with Gasteiger partial charge in [-0.2, -0.15) is 0 Å². The standard InChI is InChI=1S/C18H16Cl2N2O2S/c1-9-6-13(7-10(2)16(9)20)24-11(3)17(23)22-18-21-14-5-4-12(19)8-15(14)25-18/h4-8,11H,1-3H3,(H,21,22,23). The molecule has 0 spiro atoms. The van der Waals surface area contributed by atoms with Gasteiger partial charge in [-0.25, -0.2) is 4.98 Å². The lowest BCUT2D eigenvalue weighted by atomic mass is 10.1. The molecule has 0 bridgehead atoms. The number of hydrogen-bond acceptors (Lipinski definition) is 4. The van der Waals surface area contributed by atoms with Crippen molar-refractivity contribution in [1.29, 1.82) is 0 Å². The van der Waals surface area contributed by atoms with Crippen LogP contribution in [0.1, 0.15) is 18.1 Å². The van der Waals surface area contributed by atoms with Crippen LogP contribution in [0.2, 0.25) is 10.0 Å². The number of thiazole rings is 1. The molecule has 1 heterocycles. The monoisotopic (exact) mass is 394 g/mol. The molecule has 130 valence electrons. The minimum atomic E-state index is -0.671. The van der Waals surface area contributed by atoms with Gasteiger partial charge in [0.25, 0.3) is 5.91 Å². The van der Waals surface area contributed by atoms with Crippen molar-refractivity contribution in [2.24, 2.45) is 0 Å². The first-order valence-electron chi connectivity index (χ1n) is 7.64. The maximum atomic E-state index is 12.4. The molecule has 4 nitrogen and oxygen atoms in total. The number of benzene rings is 2. The van der Waals surface area contributed by atoms with E-state index in [1.807, 2.05) is 38.1 Å². The van der Waals surface area contributed by atoms with Crippen LogP contribution in [0.15, 0.2) is 30.3 Å². The van der Waals surface area contributed by atoms with Crippen molar-refractivity contribution in [2.75, 3.05) is 5.32 Å². The molecule has 3 rings (SSSR count). The van der Waals surface area contributed by atoms with Gasteiger partial charge in [-0.1, -0.05) is 34.5 Å². The third-order valence-corrected chi connectivity index (χ3v) is 5.44. The summed E-state index contributed by atoms with van der Waals surface area (Å²) < 4.78 is 6.66. The van der Waals surface area contributed by atoms with E-state index in [0.29, 0.717) is 20.9 Å². The number of ether oxygens (including phenoxy) is 1. The number of rotatable bonds is 4. The molecule has 0 aliphatic carbocycles. The summed E-state index contributed by atoms with van der Waals surface area (Å²) >= 11 is 13.5. The molecule has 2 aromatic carbocycles. The Morgan fingerprint density at radius 3 is 2.56 bits per heavy atom. The highest BCUT2D eigenvalue weighted by molar-refractivity contribution is 7.22. The Bertz CT molecular complexity index is 932.